The topological polar surface area (TPSA) is 3.24 Å². The second-order valence-electron chi connectivity index (χ2n) is 2.37. The van der Waals surface area contributed by atoms with E-state index in [2.05, 4.69) is 17.6 Å². The fourth-order valence-electron chi connectivity index (χ4n) is 0.843. The average Bonchev–Trinajstić information content (AvgIpc) is 2.04. The molecule has 1 nitrogen and oxygen atoms in total. The van der Waals surface area contributed by atoms with Gasteiger partial charge in [0.25, 0.3) is 0 Å². The van der Waals surface area contributed by atoms with Crippen LogP contribution in [0, 0.1) is 0 Å². The van der Waals surface area contributed by atoms with Crippen LogP contribution in [-0.4, -0.2) is 24.7 Å². The monoisotopic (exact) mass is 191 g/mol. The molecule has 0 N–H and O–H groups in total. The normalized spacial score (nSPS) is 19.8. The fourth-order valence-corrected chi connectivity index (χ4v) is 0.843. The van der Waals surface area contributed by atoms with Crippen molar-refractivity contribution in [2.45, 2.75) is 12.7 Å². The van der Waals surface area contributed by atoms with Gasteiger partial charge in [-0.1, -0.05) is 18.2 Å². The summed E-state index contributed by atoms with van der Waals surface area (Å²) in [5.74, 6) is 0. The first-order valence-corrected chi connectivity index (χ1v) is 3.69. The molecule has 1 rings (SSSR count). The van der Waals surface area contributed by atoms with Crippen molar-refractivity contribution >= 4 is 0 Å². The maximum atomic E-state index is 9.67. The van der Waals surface area contributed by atoms with Gasteiger partial charge in [-0.2, -0.15) is 13.2 Å². The molecule has 1 aliphatic rings. The van der Waals surface area contributed by atoms with Crippen LogP contribution in [0.5, 0.6) is 0 Å². The molecule has 4 heteroatoms. The molecule has 1 aliphatic heterocycles. The number of nitrogens with zero attached hydrogens (tertiary/aromatic N) is 1. The maximum absolute atomic E-state index is 9.67. The van der Waals surface area contributed by atoms with Crippen LogP contribution in [0.1, 0.15) is 0 Å². The first kappa shape index (κ1) is 11.8. The van der Waals surface area contributed by atoms with Gasteiger partial charge in [0.1, 0.15) is 0 Å². The summed E-state index contributed by atoms with van der Waals surface area (Å²) in [7, 11) is 2.03. The van der Waals surface area contributed by atoms with Crippen LogP contribution in [0.4, 0.5) is 13.2 Å². The lowest BCUT2D eigenvalue weighted by molar-refractivity contribution is 0.00819. The Morgan fingerprint density at radius 2 is 1.92 bits per heavy atom. The molecule has 74 valence electrons. The van der Waals surface area contributed by atoms with Gasteiger partial charge in [0.2, 0.25) is 0 Å². The number of alkyl halides is 3. The van der Waals surface area contributed by atoms with Crippen LogP contribution in [0.2, 0.25) is 0 Å². The fraction of sp³-hybridized carbons (Fsp3) is 0.333. The SMILES string of the molecule is C=CC1C=CC=CN1C.FC(F)F. The largest absolute Gasteiger partial charge is 0.379 e. The molecule has 0 spiro atoms. The Labute approximate surface area is 75.8 Å². The summed E-state index contributed by atoms with van der Waals surface area (Å²) < 4.78 is 29.0. The van der Waals surface area contributed by atoms with E-state index in [1.54, 1.807) is 0 Å². The van der Waals surface area contributed by atoms with Crippen LogP contribution in [0.15, 0.2) is 37.1 Å². The number of rotatable bonds is 1. The first-order chi connectivity index (χ1) is 6.07. The Morgan fingerprint density at radius 1 is 1.38 bits per heavy atom. The van der Waals surface area contributed by atoms with E-state index in [0.717, 1.165) is 0 Å². The van der Waals surface area contributed by atoms with E-state index >= 15 is 0 Å². The van der Waals surface area contributed by atoms with Crippen LogP contribution in [0.25, 0.3) is 0 Å². The highest BCUT2D eigenvalue weighted by atomic mass is 19.4. The second-order valence-corrected chi connectivity index (χ2v) is 2.37. The minimum atomic E-state index is -3.67. The average molecular weight is 191 g/mol. The number of hydrogen-bond acceptors (Lipinski definition) is 1. The Hall–Kier alpha value is -1.19. The standard InChI is InChI=1S/C8H11N.CHF3/c1-3-8-6-4-5-7-9(8)2;2-1(3)4/h3-8H,1H2,2H3;1H. The quantitative estimate of drug-likeness (QED) is 0.576. The molecule has 1 heterocycles. The van der Waals surface area contributed by atoms with Crippen molar-refractivity contribution < 1.29 is 13.2 Å². The summed E-state index contributed by atoms with van der Waals surface area (Å²) in [6.45, 7) is 0.0413. The minimum absolute atomic E-state index is 0.384. The third-order valence-corrected chi connectivity index (χ3v) is 1.45. The molecule has 0 bridgehead atoms. The molecule has 0 aromatic rings. The zero-order valence-corrected chi connectivity index (χ0v) is 7.33. The van der Waals surface area contributed by atoms with Crippen molar-refractivity contribution in [2.75, 3.05) is 7.05 Å². The number of halogens is 3. The smallest absolute Gasteiger partial charge is 0.371 e. The van der Waals surface area contributed by atoms with Crippen molar-refractivity contribution in [2.24, 2.45) is 0 Å². The molecule has 1 atom stereocenters. The zero-order valence-electron chi connectivity index (χ0n) is 7.33. The van der Waals surface area contributed by atoms with Crippen LogP contribution >= 0.6 is 0 Å². The summed E-state index contributed by atoms with van der Waals surface area (Å²) in [6.07, 6.45) is 10.1. The van der Waals surface area contributed by atoms with Crippen LogP contribution in [0.3, 0.4) is 0 Å². The van der Waals surface area contributed by atoms with Crippen molar-refractivity contribution in [1.29, 1.82) is 0 Å². The van der Waals surface area contributed by atoms with E-state index in [9.17, 15) is 13.2 Å². The summed E-state index contributed by atoms with van der Waals surface area (Å²) in [5, 5.41) is 0. The van der Waals surface area contributed by atoms with Crippen LogP contribution < -0.4 is 0 Å². The van der Waals surface area contributed by atoms with Gasteiger partial charge in [-0.3, -0.25) is 0 Å². The van der Waals surface area contributed by atoms with E-state index in [1.807, 2.05) is 31.5 Å². The van der Waals surface area contributed by atoms with E-state index in [-0.39, 0.29) is 0 Å². The first-order valence-electron chi connectivity index (χ1n) is 3.69. The maximum Gasteiger partial charge on any atom is 0.379 e. The summed E-state index contributed by atoms with van der Waals surface area (Å²) >= 11 is 0. The van der Waals surface area contributed by atoms with E-state index in [1.165, 1.54) is 0 Å². The van der Waals surface area contributed by atoms with Gasteiger partial charge >= 0.3 is 6.68 Å². The van der Waals surface area contributed by atoms with Gasteiger partial charge in [-0.05, 0) is 12.3 Å². The van der Waals surface area contributed by atoms with Gasteiger partial charge in [0, 0.05) is 7.05 Å². The lowest BCUT2D eigenvalue weighted by atomic mass is 10.2. The molecular formula is C9H12F3N. The molecule has 1 unspecified atom stereocenters. The number of hydrogen-bond donors (Lipinski definition) is 0. The number of allylic oxidation sites excluding steroid dienone is 2. The Kier molecular flexibility index (Phi) is 5.76. The van der Waals surface area contributed by atoms with Gasteiger partial charge in [-0.25, -0.2) is 0 Å². The third-order valence-electron chi connectivity index (χ3n) is 1.45. The highest BCUT2D eigenvalue weighted by Crippen LogP contribution is 2.04. The molecule has 13 heavy (non-hydrogen) atoms. The van der Waals surface area contributed by atoms with Crippen molar-refractivity contribution in [3.05, 3.63) is 37.1 Å². The summed E-state index contributed by atoms with van der Waals surface area (Å²) in [4.78, 5) is 2.10. The van der Waals surface area contributed by atoms with Crippen molar-refractivity contribution in [3.8, 4) is 0 Å². The number of likely N-dealkylation sites (N-methyl/N-ethyl adjacent to an activating group) is 1. The molecule has 0 saturated carbocycles. The van der Waals surface area contributed by atoms with Gasteiger partial charge in [-0.15, -0.1) is 6.58 Å². The van der Waals surface area contributed by atoms with Gasteiger partial charge < -0.3 is 4.90 Å². The van der Waals surface area contributed by atoms with Crippen LogP contribution in [-0.2, 0) is 0 Å². The third kappa shape index (κ3) is 6.02. The Morgan fingerprint density at radius 3 is 2.23 bits per heavy atom. The lowest BCUT2D eigenvalue weighted by Crippen LogP contribution is -2.23. The molecule has 0 aromatic heterocycles. The molecule has 0 fully saturated rings. The molecule has 0 saturated heterocycles. The Balaban J connectivity index is 0.000000310. The van der Waals surface area contributed by atoms with Crippen molar-refractivity contribution in [3.63, 3.8) is 0 Å². The lowest BCUT2D eigenvalue weighted by Gasteiger charge is -2.22. The van der Waals surface area contributed by atoms with Crippen molar-refractivity contribution in [1.82, 2.24) is 4.90 Å². The van der Waals surface area contributed by atoms with Gasteiger partial charge in [0.15, 0.2) is 0 Å². The highest BCUT2D eigenvalue weighted by molar-refractivity contribution is 5.16. The van der Waals surface area contributed by atoms with E-state index < -0.39 is 6.68 Å². The molecule has 0 aliphatic carbocycles. The summed E-state index contributed by atoms with van der Waals surface area (Å²) in [6, 6.07) is 0.384. The summed E-state index contributed by atoms with van der Waals surface area (Å²) in [5.41, 5.74) is 0. The Bertz CT molecular complexity index is 196. The highest BCUT2D eigenvalue weighted by Gasteiger charge is 2.03. The van der Waals surface area contributed by atoms with Gasteiger partial charge in [0.05, 0.1) is 6.04 Å². The minimum Gasteiger partial charge on any atom is -0.371 e. The predicted molar refractivity (Wildman–Crippen MR) is 47.1 cm³/mol. The predicted octanol–water partition coefficient (Wildman–Crippen LogP) is 2.73. The van der Waals surface area contributed by atoms with E-state index in [0.29, 0.717) is 6.04 Å². The van der Waals surface area contributed by atoms with E-state index in [4.69, 9.17) is 0 Å². The molecule has 0 radical (unpaired) electrons. The molecular weight excluding hydrogens is 179 g/mol. The molecule has 0 amide bonds. The zero-order chi connectivity index (χ0) is 10.3. The molecule has 0 aromatic carbocycles. The second kappa shape index (κ2) is 6.34.